The summed E-state index contributed by atoms with van der Waals surface area (Å²) in [4.78, 5) is 14.2. The molecule has 1 heterocycles. The van der Waals surface area contributed by atoms with Crippen molar-refractivity contribution in [2.75, 3.05) is 32.8 Å². The standard InChI is InChI=1S/C19H21N3O4/c23-16-7-3-1-5-14(16)19(15-6-2-4-8-17(15)24)21-20-18(25)13-22-9-11-26-12-10-22/h1-8,23-24H,9-13H2,(H,20,25). The first-order valence-corrected chi connectivity index (χ1v) is 8.38. The molecule has 2 aromatic carbocycles. The molecule has 0 bridgehead atoms. The number of aromatic hydroxyl groups is 2. The number of phenolic OH excluding ortho intramolecular Hbond substituents is 2. The van der Waals surface area contributed by atoms with Gasteiger partial charge in [0, 0.05) is 24.2 Å². The van der Waals surface area contributed by atoms with E-state index in [9.17, 15) is 15.0 Å². The van der Waals surface area contributed by atoms with Gasteiger partial charge in [0.25, 0.3) is 5.91 Å². The molecule has 3 N–H and O–H groups in total. The second-order valence-corrected chi connectivity index (χ2v) is 5.92. The van der Waals surface area contributed by atoms with Crippen LogP contribution in [0.15, 0.2) is 53.6 Å². The van der Waals surface area contributed by atoms with Crippen LogP contribution in [0.2, 0.25) is 0 Å². The average molecular weight is 355 g/mol. The lowest BCUT2D eigenvalue weighted by Crippen LogP contribution is -2.42. The quantitative estimate of drug-likeness (QED) is 0.555. The van der Waals surface area contributed by atoms with E-state index in [1.165, 1.54) is 12.1 Å². The van der Waals surface area contributed by atoms with E-state index in [1.807, 2.05) is 4.90 Å². The number of phenols is 2. The second-order valence-electron chi connectivity index (χ2n) is 5.92. The van der Waals surface area contributed by atoms with E-state index in [1.54, 1.807) is 36.4 Å². The van der Waals surface area contributed by atoms with Gasteiger partial charge in [-0.2, -0.15) is 5.10 Å². The first-order chi connectivity index (χ1) is 12.6. The molecule has 136 valence electrons. The lowest BCUT2D eigenvalue weighted by molar-refractivity contribution is -0.123. The van der Waals surface area contributed by atoms with Gasteiger partial charge in [0.05, 0.1) is 19.8 Å². The number of ether oxygens (including phenoxy) is 1. The van der Waals surface area contributed by atoms with Crippen molar-refractivity contribution in [3.05, 3.63) is 59.7 Å². The fraction of sp³-hybridized carbons (Fsp3) is 0.263. The molecule has 1 fully saturated rings. The van der Waals surface area contributed by atoms with Crippen LogP contribution in [0.25, 0.3) is 0 Å². The highest BCUT2D eigenvalue weighted by Crippen LogP contribution is 2.25. The summed E-state index contributed by atoms with van der Waals surface area (Å²) in [6.45, 7) is 2.82. The van der Waals surface area contributed by atoms with Gasteiger partial charge in [0.1, 0.15) is 17.2 Å². The molecule has 1 saturated heterocycles. The molecular weight excluding hydrogens is 334 g/mol. The highest BCUT2D eigenvalue weighted by molar-refractivity contribution is 6.16. The van der Waals surface area contributed by atoms with Gasteiger partial charge in [0.2, 0.25) is 0 Å². The molecule has 0 spiro atoms. The largest absolute Gasteiger partial charge is 0.507 e. The molecule has 1 aliphatic rings. The number of morpholine rings is 1. The number of hydrogen-bond donors (Lipinski definition) is 3. The van der Waals surface area contributed by atoms with E-state index < -0.39 is 0 Å². The van der Waals surface area contributed by atoms with Gasteiger partial charge >= 0.3 is 0 Å². The zero-order chi connectivity index (χ0) is 18.4. The highest BCUT2D eigenvalue weighted by Gasteiger charge is 2.17. The minimum absolute atomic E-state index is 0.0110. The summed E-state index contributed by atoms with van der Waals surface area (Å²) in [5, 5.41) is 24.5. The molecule has 0 unspecified atom stereocenters. The summed E-state index contributed by atoms with van der Waals surface area (Å²) in [5.74, 6) is -0.246. The Morgan fingerprint density at radius 2 is 1.54 bits per heavy atom. The van der Waals surface area contributed by atoms with Crippen molar-refractivity contribution in [2.45, 2.75) is 0 Å². The van der Waals surface area contributed by atoms with E-state index in [4.69, 9.17) is 4.74 Å². The number of hydrazone groups is 1. The third-order valence-corrected chi connectivity index (χ3v) is 4.08. The van der Waals surface area contributed by atoms with Gasteiger partial charge in [-0.05, 0) is 24.3 Å². The summed E-state index contributed by atoms with van der Waals surface area (Å²) in [6, 6.07) is 13.3. The van der Waals surface area contributed by atoms with Gasteiger partial charge in [-0.25, -0.2) is 5.43 Å². The first-order valence-electron chi connectivity index (χ1n) is 8.38. The minimum atomic E-state index is -0.268. The number of nitrogens with one attached hydrogen (secondary N) is 1. The average Bonchev–Trinajstić information content (AvgIpc) is 2.65. The number of benzene rings is 2. The number of hydrogen-bond acceptors (Lipinski definition) is 6. The molecule has 1 amide bonds. The van der Waals surface area contributed by atoms with Crippen LogP contribution in [-0.2, 0) is 9.53 Å². The lowest BCUT2D eigenvalue weighted by atomic mass is 10.0. The second kappa shape index (κ2) is 8.46. The van der Waals surface area contributed by atoms with Crippen molar-refractivity contribution >= 4 is 11.6 Å². The Morgan fingerprint density at radius 1 is 1.00 bits per heavy atom. The molecule has 0 saturated carbocycles. The zero-order valence-corrected chi connectivity index (χ0v) is 14.3. The summed E-state index contributed by atoms with van der Waals surface area (Å²) >= 11 is 0. The van der Waals surface area contributed by atoms with Crippen molar-refractivity contribution in [3.8, 4) is 11.5 Å². The minimum Gasteiger partial charge on any atom is -0.507 e. The highest BCUT2D eigenvalue weighted by atomic mass is 16.5. The van der Waals surface area contributed by atoms with Crippen molar-refractivity contribution in [3.63, 3.8) is 0 Å². The third-order valence-electron chi connectivity index (χ3n) is 4.08. The van der Waals surface area contributed by atoms with Crippen molar-refractivity contribution in [1.82, 2.24) is 10.3 Å². The Hall–Kier alpha value is -2.90. The monoisotopic (exact) mass is 355 g/mol. The Morgan fingerprint density at radius 3 is 2.08 bits per heavy atom. The summed E-state index contributed by atoms with van der Waals surface area (Å²) < 4.78 is 5.27. The van der Waals surface area contributed by atoms with Crippen LogP contribution in [0.3, 0.4) is 0 Å². The maximum Gasteiger partial charge on any atom is 0.254 e. The van der Waals surface area contributed by atoms with Crippen LogP contribution in [0.1, 0.15) is 11.1 Å². The third kappa shape index (κ3) is 4.38. The van der Waals surface area contributed by atoms with E-state index in [-0.39, 0.29) is 29.7 Å². The van der Waals surface area contributed by atoms with Crippen LogP contribution >= 0.6 is 0 Å². The smallest absolute Gasteiger partial charge is 0.254 e. The normalized spacial score (nSPS) is 14.6. The molecule has 1 aliphatic heterocycles. The number of carbonyl (C=O) groups excluding carboxylic acids is 1. The number of nitrogens with zero attached hydrogens (tertiary/aromatic N) is 2. The van der Waals surface area contributed by atoms with Crippen LogP contribution in [0, 0.1) is 0 Å². The SMILES string of the molecule is O=C(CN1CCOCC1)NN=C(c1ccccc1O)c1ccccc1O. The van der Waals surface area contributed by atoms with Gasteiger partial charge in [-0.1, -0.05) is 24.3 Å². The number of amides is 1. The summed E-state index contributed by atoms with van der Waals surface area (Å²) in [6.07, 6.45) is 0. The first kappa shape index (κ1) is 17.9. The van der Waals surface area contributed by atoms with Crippen molar-refractivity contribution in [1.29, 1.82) is 0 Å². The maximum atomic E-state index is 12.2. The van der Waals surface area contributed by atoms with E-state index >= 15 is 0 Å². The predicted octanol–water partition coefficient (Wildman–Crippen LogP) is 1.30. The fourth-order valence-electron chi connectivity index (χ4n) is 2.73. The molecule has 7 nitrogen and oxygen atoms in total. The van der Waals surface area contributed by atoms with Crippen molar-refractivity contribution < 1.29 is 19.7 Å². The molecule has 7 heteroatoms. The Labute approximate surface area is 151 Å². The predicted molar refractivity (Wildman–Crippen MR) is 97.3 cm³/mol. The zero-order valence-electron chi connectivity index (χ0n) is 14.3. The molecule has 0 aromatic heterocycles. The fourth-order valence-corrected chi connectivity index (χ4v) is 2.73. The molecule has 0 aliphatic carbocycles. The molecule has 0 radical (unpaired) electrons. The Bertz CT molecular complexity index is 753. The molecule has 2 aromatic rings. The number of rotatable bonds is 5. The Kier molecular flexibility index (Phi) is 5.83. The molecule has 26 heavy (non-hydrogen) atoms. The number of carbonyl (C=O) groups is 1. The number of para-hydroxylation sites is 2. The summed E-state index contributed by atoms with van der Waals surface area (Å²) in [7, 11) is 0. The van der Waals surface area contributed by atoms with Gasteiger partial charge in [-0.3, -0.25) is 9.69 Å². The van der Waals surface area contributed by atoms with Gasteiger partial charge < -0.3 is 14.9 Å². The Balaban J connectivity index is 1.83. The lowest BCUT2D eigenvalue weighted by Gasteiger charge is -2.25. The van der Waals surface area contributed by atoms with E-state index in [2.05, 4.69) is 10.5 Å². The maximum absolute atomic E-state index is 12.2. The topological polar surface area (TPSA) is 94.4 Å². The van der Waals surface area contributed by atoms with Crippen LogP contribution in [-0.4, -0.2) is 59.6 Å². The van der Waals surface area contributed by atoms with E-state index in [0.717, 1.165) is 0 Å². The van der Waals surface area contributed by atoms with Gasteiger partial charge in [0.15, 0.2) is 0 Å². The van der Waals surface area contributed by atoms with Crippen molar-refractivity contribution in [2.24, 2.45) is 5.10 Å². The molecular formula is C19H21N3O4. The van der Waals surface area contributed by atoms with E-state index in [0.29, 0.717) is 37.4 Å². The van der Waals surface area contributed by atoms with Crippen LogP contribution in [0.5, 0.6) is 11.5 Å². The van der Waals surface area contributed by atoms with Crippen LogP contribution in [0.4, 0.5) is 0 Å². The molecule has 3 rings (SSSR count). The molecule has 0 atom stereocenters. The van der Waals surface area contributed by atoms with Crippen LogP contribution < -0.4 is 5.43 Å². The van der Waals surface area contributed by atoms with Gasteiger partial charge in [-0.15, -0.1) is 0 Å². The summed E-state index contributed by atoms with van der Waals surface area (Å²) in [5.41, 5.74) is 3.65.